The van der Waals surface area contributed by atoms with Gasteiger partial charge in [-0.2, -0.15) is 0 Å². The van der Waals surface area contributed by atoms with Crippen molar-refractivity contribution in [2.24, 2.45) is 0 Å². The topological polar surface area (TPSA) is 43.7 Å². The molecule has 3 heteroatoms. The van der Waals surface area contributed by atoms with Gasteiger partial charge in [-0.05, 0) is 49.7 Å². The average molecular weight is 275 g/mol. The molecule has 1 aromatic carbocycles. The summed E-state index contributed by atoms with van der Waals surface area (Å²) in [4.78, 5) is 2.42. The number of nitrogens with zero attached hydrogens (tertiary/aromatic N) is 1. The fraction of sp³-hybridized carbons (Fsp3) is 0.647. The molecular formula is C17H25NO2. The van der Waals surface area contributed by atoms with Gasteiger partial charge in [0.1, 0.15) is 0 Å². The minimum Gasteiger partial charge on any atom is -0.396 e. The number of piperidine rings is 1. The van der Waals surface area contributed by atoms with E-state index < -0.39 is 5.60 Å². The lowest BCUT2D eigenvalue weighted by Gasteiger charge is -2.41. The molecule has 2 fully saturated rings. The number of rotatable bonds is 4. The highest BCUT2D eigenvalue weighted by atomic mass is 16.3. The third-order valence-electron chi connectivity index (χ3n) is 5.09. The molecule has 110 valence electrons. The Kier molecular flexibility index (Phi) is 3.99. The van der Waals surface area contributed by atoms with Crippen LogP contribution in [0.5, 0.6) is 0 Å². The number of hydrogen-bond acceptors (Lipinski definition) is 3. The molecular weight excluding hydrogens is 250 g/mol. The lowest BCUT2D eigenvalue weighted by molar-refractivity contribution is -0.00537. The van der Waals surface area contributed by atoms with Crippen molar-refractivity contribution in [2.45, 2.75) is 50.0 Å². The molecule has 3 rings (SSSR count). The quantitative estimate of drug-likeness (QED) is 0.888. The number of anilines is 1. The Morgan fingerprint density at radius 3 is 2.45 bits per heavy atom. The van der Waals surface area contributed by atoms with Crippen molar-refractivity contribution in [3.8, 4) is 0 Å². The SMILES string of the molecule is OCCC1(O)CCN(c2ccccc2C2CCC2)CC1. The Labute approximate surface area is 121 Å². The van der Waals surface area contributed by atoms with E-state index in [4.69, 9.17) is 5.11 Å². The maximum Gasteiger partial charge on any atom is 0.0703 e. The van der Waals surface area contributed by atoms with Crippen LogP contribution >= 0.6 is 0 Å². The summed E-state index contributed by atoms with van der Waals surface area (Å²) in [5.74, 6) is 0.740. The molecule has 1 saturated carbocycles. The summed E-state index contributed by atoms with van der Waals surface area (Å²) in [6, 6.07) is 8.76. The second-order valence-corrected chi connectivity index (χ2v) is 6.37. The maximum absolute atomic E-state index is 10.4. The smallest absolute Gasteiger partial charge is 0.0703 e. The molecule has 0 radical (unpaired) electrons. The van der Waals surface area contributed by atoms with Crippen LogP contribution < -0.4 is 4.90 Å². The minimum atomic E-state index is -0.656. The number of aliphatic hydroxyl groups excluding tert-OH is 1. The van der Waals surface area contributed by atoms with Gasteiger partial charge in [0.2, 0.25) is 0 Å². The largest absolute Gasteiger partial charge is 0.396 e. The van der Waals surface area contributed by atoms with Gasteiger partial charge in [0.05, 0.1) is 5.60 Å². The molecule has 2 aliphatic rings. The predicted octanol–water partition coefficient (Wildman–Crippen LogP) is 2.67. The molecule has 3 nitrogen and oxygen atoms in total. The van der Waals surface area contributed by atoms with Gasteiger partial charge in [-0.15, -0.1) is 0 Å². The number of para-hydroxylation sites is 1. The maximum atomic E-state index is 10.4. The molecule has 1 aliphatic heterocycles. The van der Waals surface area contributed by atoms with Crippen molar-refractivity contribution in [3.05, 3.63) is 29.8 Å². The van der Waals surface area contributed by atoms with Crippen molar-refractivity contribution in [3.63, 3.8) is 0 Å². The van der Waals surface area contributed by atoms with E-state index in [0.29, 0.717) is 6.42 Å². The van der Waals surface area contributed by atoms with Gasteiger partial charge in [0, 0.05) is 25.4 Å². The van der Waals surface area contributed by atoms with E-state index in [0.717, 1.165) is 31.8 Å². The summed E-state index contributed by atoms with van der Waals surface area (Å²) < 4.78 is 0. The Hall–Kier alpha value is -1.06. The molecule has 20 heavy (non-hydrogen) atoms. The van der Waals surface area contributed by atoms with E-state index in [1.165, 1.54) is 30.5 Å². The second-order valence-electron chi connectivity index (χ2n) is 6.37. The van der Waals surface area contributed by atoms with E-state index in [1.807, 2.05) is 0 Å². The molecule has 0 unspecified atom stereocenters. The number of hydrogen-bond donors (Lipinski definition) is 2. The Bertz CT molecular complexity index is 448. The number of aliphatic hydroxyl groups is 2. The first kappa shape index (κ1) is 13.9. The van der Waals surface area contributed by atoms with Gasteiger partial charge < -0.3 is 15.1 Å². The van der Waals surface area contributed by atoms with Gasteiger partial charge in [-0.25, -0.2) is 0 Å². The van der Waals surface area contributed by atoms with Crippen LogP contribution in [0.3, 0.4) is 0 Å². The molecule has 0 atom stereocenters. The molecule has 1 heterocycles. The van der Waals surface area contributed by atoms with Crippen LogP contribution in [0.2, 0.25) is 0 Å². The van der Waals surface area contributed by atoms with Gasteiger partial charge in [-0.3, -0.25) is 0 Å². The van der Waals surface area contributed by atoms with Crippen LogP contribution in [-0.4, -0.2) is 35.5 Å². The first-order chi connectivity index (χ1) is 9.72. The molecule has 0 spiro atoms. The Morgan fingerprint density at radius 2 is 1.85 bits per heavy atom. The normalized spacial score (nSPS) is 22.6. The highest BCUT2D eigenvalue weighted by Gasteiger charge is 2.33. The van der Waals surface area contributed by atoms with Gasteiger partial charge in [-0.1, -0.05) is 24.6 Å². The average Bonchev–Trinajstić information content (AvgIpc) is 2.39. The molecule has 0 bridgehead atoms. The van der Waals surface area contributed by atoms with Crippen molar-refractivity contribution in [1.29, 1.82) is 0 Å². The number of benzene rings is 1. The van der Waals surface area contributed by atoms with Crippen LogP contribution in [0.4, 0.5) is 5.69 Å². The molecule has 1 aliphatic carbocycles. The van der Waals surface area contributed by atoms with E-state index in [-0.39, 0.29) is 6.61 Å². The highest BCUT2D eigenvalue weighted by Crippen LogP contribution is 2.41. The van der Waals surface area contributed by atoms with Gasteiger partial charge in [0.25, 0.3) is 0 Å². The van der Waals surface area contributed by atoms with Crippen LogP contribution in [-0.2, 0) is 0 Å². The van der Waals surface area contributed by atoms with Crippen molar-refractivity contribution >= 4 is 5.69 Å². The van der Waals surface area contributed by atoms with E-state index in [9.17, 15) is 5.11 Å². The zero-order valence-corrected chi connectivity index (χ0v) is 12.1. The molecule has 0 amide bonds. The summed E-state index contributed by atoms with van der Waals surface area (Å²) in [6.45, 7) is 1.86. The second kappa shape index (κ2) is 5.74. The lowest BCUT2D eigenvalue weighted by Crippen LogP contribution is -2.45. The first-order valence-electron chi connectivity index (χ1n) is 7.89. The van der Waals surface area contributed by atoms with Gasteiger partial charge >= 0.3 is 0 Å². The summed E-state index contributed by atoms with van der Waals surface area (Å²) >= 11 is 0. The monoisotopic (exact) mass is 275 g/mol. The minimum absolute atomic E-state index is 0.0785. The van der Waals surface area contributed by atoms with Crippen LogP contribution in [0.25, 0.3) is 0 Å². The predicted molar refractivity (Wildman–Crippen MR) is 81.1 cm³/mol. The van der Waals surface area contributed by atoms with E-state index in [2.05, 4.69) is 29.2 Å². The zero-order valence-electron chi connectivity index (χ0n) is 12.1. The standard InChI is InChI=1S/C17H25NO2/c19-13-10-17(20)8-11-18(12-9-17)16-7-2-1-6-15(16)14-4-3-5-14/h1-2,6-7,14,19-20H,3-5,8-13H2. The zero-order chi connectivity index (χ0) is 14.0. The molecule has 1 saturated heterocycles. The molecule has 0 aromatic heterocycles. The fourth-order valence-corrected chi connectivity index (χ4v) is 3.46. The fourth-order valence-electron chi connectivity index (χ4n) is 3.46. The van der Waals surface area contributed by atoms with Crippen molar-refractivity contribution in [1.82, 2.24) is 0 Å². The van der Waals surface area contributed by atoms with Crippen LogP contribution in [0.1, 0.15) is 50.0 Å². The third-order valence-corrected chi connectivity index (χ3v) is 5.09. The van der Waals surface area contributed by atoms with Crippen molar-refractivity contribution in [2.75, 3.05) is 24.6 Å². The summed E-state index contributed by atoms with van der Waals surface area (Å²) in [6.07, 6.45) is 6.01. The lowest BCUT2D eigenvalue weighted by atomic mass is 9.79. The Morgan fingerprint density at radius 1 is 1.15 bits per heavy atom. The third kappa shape index (κ3) is 2.70. The van der Waals surface area contributed by atoms with Gasteiger partial charge in [0.15, 0.2) is 0 Å². The first-order valence-corrected chi connectivity index (χ1v) is 7.89. The highest BCUT2D eigenvalue weighted by molar-refractivity contribution is 5.56. The molecule has 2 N–H and O–H groups in total. The summed E-state index contributed by atoms with van der Waals surface area (Å²) in [5, 5.41) is 19.4. The molecule has 1 aromatic rings. The van der Waals surface area contributed by atoms with Crippen molar-refractivity contribution < 1.29 is 10.2 Å². The van der Waals surface area contributed by atoms with Crippen LogP contribution in [0, 0.1) is 0 Å². The summed E-state index contributed by atoms with van der Waals surface area (Å²) in [5.41, 5.74) is 2.20. The van der Waals surface area contributed by atoms with E-state index >= 15 is 0 Å². The summed E-state index contributed by atoms with van der Waals surface area (Å²) in [7, 11) is 0. The Balaban J connectivity index is 1.72. The van der Waals surface area contributed by atoms with E-state index in [1.54, 1.807) is 0 Å². The van der Waals surface area contributed by atoms with Crippen LogP contribution in [0.15, 0.2) is 24.3 Å².